The van der Waals surface area contributed by atoms with Crippen LogP contribution in [0.3, 0.4) is 0 Å². The predicted octanol–water partition coefficient (Wildman–Crippen LogP) is 4.87. The Morgan fingerprint density at radius 2 is 1.91 bits per heavy atom. The van der Waals surface area contributed by atoms with Crippen LogP contribution in [0.15, 0.2) is 11.6 Å². The Balaban J connectivity index is 1.60. The van der Waals surface area contributed by atoms with Gasteiger partial charge in [-0.25, -0.2) is 4.39 Å². The fraction of sp³-hybridized carbons (Fsp3) is 0.857. The quantitative estimate of drug-likeness (QED) is 0.546. The summed E-state index contributed by atoms with van der Waals surface area (Å²) in [6.07, 6.45) is 5.85. The van der Waals surface area contributed by atoms with E-state index in [1.54, 1.807) is 6.08 Å². The summed E-state index contributed by atoms with van der Waals surface area (Å²) in [6, 6.07) is 0. The Morgan fingerprint density at radius 3 is 2.59 bits per heavy atom. The summed E-state index contributed by atoms with van der Waals surface area (Å²) in [5.74, 6) is -0.988. The van der Waals surface area contributed by atoms with Crippen LogP contribution >= 0.6 is 0 Å². The maximum Gasteiger partial charge on any atom is 0.190 e. The van der Waals surface area contributed by atoms with E-state index in [9.17, 15) is 19.8 Å². The van der Waals surface area contributed by atoms with Gasteiger partial charge in [0.15, 0.2) is 11.6 Å². The first-order valence-corrected chi connectivity index (χ1v) is 13.3. The molecule has 0 aromatic carbocycles. The Morgan fingerprint density at radius 1 is 1.21 bits per heavy atom. The fourth-order valence-corrected chi connectivity index (χ4v) is 8.09. The van der Waals surface area contributed by atoms with Gasteiger partial charge < -0.3 is 14.9 Å². The number of carbonyl (C=O) groups is 2. The van der Waals surface area contributed by atoms with Crippen LogP contribution in [0, 0.1) is 22.7 Å². The molecule has 3 fully saturated rings. The zero-order chi connectivity index (χ0) is 25.2. The molecule has 0 aliphatic heterocycles. The SMILES string of the molecule is CCCCC(C)(C)OCC(=O)[C@@]1(O)CC[C@H]2[C@@H]3CCC4=CC(=O)CC[C@]4(C)[C@@]3(F)[C@@H](O)C[C@@]21C. The third-order valence-corrected chi connectivity index (χ3v) is 10.4. The first kappa shape index (κ1) is 26.0. The Kier molecular flexibility index (Phi) is 6.48. The normalized spacial score (nSPS) is 44.2. The topological polar surface area (TPSA) is 83.8 Å². The third kappa shape index (κ3) is 3.57. The number of hydrogen-bond donors (Lipinski definition) is 2. The van der Waals surface area contributed by atoms with E-state index >= 15 is 4.39 Å². The molecule has 0 unspecified atom stereocenters. The number of aliphatic hydroxyl groups is 2. The first-order valence-electron chi connectivity index (χ1n) is 13.3. The monoisotopic (exact) mass is 478 g/mol. The summed E-state index contributed by atoms with van der Waals surface area (Å²) in [5.41, 5.74) is -4.95. The number of ether oxygens (including phenoxy) is 1. The highest BCUT2D eigenvalue weighted by atomic mass is 19.1. The van der Waals surface area contributed by atoms with Gasteiger partial charge in [0.05, 0.1) is 11.7 Å². The minimum absolute atomic E-state index is 0.0307. The van der Waals surface area contributed by atoms with E-state index < -0.39 is 39.7 Å². The summed E-state index contributed by atoms with van der Waals surface area (Å²) in [6.45, 7) is 9.59. The van der Waals surface area contributed by atoms with Crippen molar-refractivity contribution in [1.82, 2.24) is 0 Å². The molecular weight excluding hydrogens is 435 g/mol. The van der Waals surface area contributed by atoms with Gasteiger partial charge >= 0.3 is 0 Å². The van der Waals surface area contributed by atoms with Gasteiger partial charge in [-0.15, -0.1) is 0 Å². The summed E-state index contributed by atoms with van der Waals surface area (Å²) in [4.78, 5) is 25.5. The van der Waals surface area contributed by atoms with Crippen LogP contribution in [0.4, 0.5) is 4.39 Å². The molecule has 3 saturated carbocycles. The molecule has 0 aromatic heterocycles. The molecule has 5 nitrogen and oxygen atoms in total. The molecule has 192 valence electrons. The smallest absolute Gasteiger partial charge is 0.190 e. The van der Waals surface area contributed by atoms with E-state index in [-0.39, 0.29) is 36.9 Å². The predicted molar refractivity (Wildman–Crippen MR) is 128 cm³/mol. The van der Waals surface area contributed by atoms with Gasteiger partial charge in [-0.3, -0.25) is 9.59 Å². The van der Waals surface area contributed by atoms with Gasteiger partial charge in [-0.1, -0.05) is 39.2 Å². The molecule has 7 atom stereocenters. The molecule has 0 bridgehead atoms. The summed E-state index contributed by atoms with van der Waals surface area (Å²) in [5, 5.41) is 23.2. The Bertz CT molecular complexity index is 882. The molecular formula is C28H43FO5. The van der Waals surface area contributed by atoms with Crippen molar-refractivity contribution in [3.8, 4) is 0 Å². The molecule has 0 heterocycles. The molecule has 4 aliphatic rings. The molecule has 0 saturated heterocycles. The second-order valence-corrected chi connectivity index (χ2v) is 12.6. The van der Waals surface area contributed by atoms with Crippen LogP contribution in [0.25, 0.3) is 0 Å². The lowest BCUT2D eigenvalue weighted by molar-refractivity contribution is -0.227. The first-order chi connectivity index (χ1) is 15.7. The number of allylic oxidation sites excluding steroid dienone is 1. The molecule has 0 amide bonds. The van der Waals surface area contributed by atoms with Gasteiger partial charge in [0.25, 0.3) is 0 Å². The lowest BCUT2D eigenvalue weighted by atomic mass is 9.44. The van der Waals surface area contributed by atoms with Gasteiger partial charge in [-0.2, -0.15) is 0 Å². The van der Waals surface area contributed by atoms with Crippen LogP contribution in [-0.4, -0.2) is 51.4 Å². The van der Waals surface area contributed by atoms with Gasteiger partial charge in [0.1, 0.15) is 17.9 Å². The number of unbranched alkanes of at least 4 members (excludes halogenated alkanes) is 1. The number of ketones is 2. The van der Waals surface area contributed by atoms with Crippen molar-refractivity contribution in [3.05, 3.63) is 11.6 Å². The second kappa shape index (κ2) is 8.48. The maximum absolute atomic E-state index is 17.1. The Hall–Kier alpha value is -1.11. The number of aliphatic hydroxyl groups excluding tert-OH is 1. The molecule has 0 spiro atoms. The van der Waals surface area contributed by atoms with E-state index in [1.807, 2.05) is 27.7 Å². The van der Waals surface area contributed by atoms with E-state index in [0.717, 1.165) is 24.8 Å². The van der Waals surface area contributed by atoms with E-state index in [1.165, 1.54) is 0 Å². The van der Waals surface area contributed by atoms with Crippen LogP contribution in [0.1, 0.15) is 98.8 Å². The minimum atomic E-state index is -1.87. The molecule has 0 radical (unpaired) electrons. The molecule has 0 aromatic rings. The summed E-state index contributed by atoms with van der Waals surface area (Å²) < 4.78 is 23.1. The van der Waals surface area contributed by atoms with Crippen molar-refractivity contribution in [2.75, 3.05) is 6.61 Å². The van der Waals surface area contributed by atoms with Gasteiger partial charge in [0.2, 0.25) is 0 Å². The van der Waals surface area contributed by atoms with Crippen LogP contribution in [0.5, 0.6) is 0 Å². The number of alkyl halides is 1. The number of Topliss-reactive ketones (excluding diaryl/α,β-unsaturated/α-hetero) is 1. The lowest BCUT2D eigenvalue weighted by Gasteiger charge is -2.63. The molecule has 2 N–H and O–H groups in total. The van der Waals surface area contributed by atoms with Crippen molar-refractivity contribution in [1.29, 1.82) is 0 Å². The molecule has 4 aliphatic carbocycles. The van der Waals surface area contributed by atoms with Gasteiger partial charge in [0, 0.05) is 23.2 Å². The highest BCUT2D eigenvalue weighted by Crippen LogP contribution is 2.70. The number of rotatable bonds is 7. The lowest BCUT2D eigenvalue weighted by Crippen LogP contribution is -2.69. The highest BCUT2D eigenvalue weighted by molar-refractivity contribution is 5.92. The maximum atomic E-state index is 17.1. The number of hydrogen-bond acceptors (Lipinski definition) is 5. The molecule has 6 heteroatoms. The highest BCUT2D eigenvalue weighted by Gasteiger charge is 2.74. The Labute approximate surface area is 203 Å². The fourth-order valence-electron chi connectivity index (χ4n) is 8.09. The van der Waals surface area contributed by atoms with E-state index in [4.69, 9.17) is 4.74 Å². The zero-order valence-electron chi connectivity index (χ0n) is 21.6. The average molecular weight is 479 g/mol. The van der Waals surface area contributed by atoms with Crippen LogP contribution < -0.4 is 0 Å². The molecule has 4 rings (SSSR count). The average Bonchev–Trinajstić information content (AvgIpc) is 3.04. The van der Waals surface area contributed by atoms with E-state index in [0.29, 0.717) is 32.1 Å². The van der Waals surface area contributed by atoms with Crippen molar-refractivity contribution in [2.45, 2.75) is 122 Å². The number of carbonyl (C=O) groups excluding carboxylic acids is 2. The minimum Gasteiger partial charge on any atom is -0.390 e. The largest absolute Gasteiger partial charge is 0.390 e. The van der Waals surface area contributed by atoms with Crippen molar-refractivity contribution in [2.24, 2.45) is 22.7 Å². The summed E-state index contributed by atoms with van der Waals surface area (Å²) >= 11 is 0. The number of fused-ring (bicyclic) bond motifs is 5. The standard InChI is InChI=1S/C28H43FO5/c1-6-7-12-24(2,3)34-17-23(32)27(33)14-11-20-21-9-8-18-15-19(30)10-13-25(18,4)28(21,29)22(31)16-26(20,27)5/h15,20-22,31,33H,6-14,16-17H2,1-5H3/t20-,21-,22-,25-,26-,27-,28-/m0/s1. The van der Waals surface area contributed by atoms with E-state index in [2.05, 4.69) is 6.92 Å². The number of halogens is 1. The summed E-state index contributed by atoms with van der Waals surface area (Å²) in [7, 11) is 0. The second-order valence-electron chi connectivity index (χ2n) is 12.6. The third-order valence-electron chi connectivity index (χ3n) is 10.4. The van der Waals surface area contributed by atoms with Crippen molar-refractivity contribution < 1.29 is 28.9 Å². The van der Waals surface area contributed by atoms with Crippen LogP contribution in [-0.2, 0) is 14.3 Å². The zero-order valence-corrected chi connectivity index (χ0v) is 21.6. The van der Waals surface area contributed by atoms with Crippen molar-refractivity contribution >= 4 is 11.6 Å². The van der Waals surface area contributed by atoms with Crippen molar-refractivity contribution in [3.63, 3.8) is 0 Å². The molecule has 34 heavy (non-hydrogen) atoms. The van der Waals surface area contributed by atoms with Gasteiger partial charge in [-0.05, 0) is 70.8 Å². The van der Waals surface area contributed by atoms with Crippen LogP contribution in [0.2, 0.25) is 0 Å².